The summed E-state index contributed by atoms with van der Waals surface area (Å²) >= 11 is 3.46. The fourth-order valence-corrected chi connectivity index (χ4v) is 2.84. The van der Waals surface area contributed by atoms with E-state index in [4.69, 9.17) is 0 Å². The highest BCUT2D eigenvalue weighted by atomic mass is 79.9. The van der Waals surface area contributed by atoms with Gasteiger partial charge in [0.05, 0.1) is 23.1 Å². The van der Waals surface area contributed by atoms with E-state index < -0.39 is 0 Å². The summed E-state index contributed by atoms with van der Waals surface area (Å²) < 4.78 is 6.36. The summed E-state index contributed by atoms with van der Waals surface area (Å²) in [6, 6.07) is 5.71. The van der Waals surface area contributed by atoms with E-state index in [1.165, 1.54) is 0 Å². The first-order valence-electron chi connectivity index (χ1n) is 6.31. The quantitative estimate of drug-likeness (QED) is 0.721. The van der Waals surface area contributed by atoms with Crippen LogP contribution in [0.1, 0.15) is 11.3 Å². The lowest BCUT2D eigenvalue weighted by atomic mass is 10.2. The summed E-state index contributed by atoms with van der Waals surface area (Å²) in [5, 5.41) is 5.18. The Hall–Kier alpha value is -1.82. The minimum absolute atomic E-state index is 0.0149. The van der Waals surface area contributed by atoms with Crippen LogP contribution >= 0.6 is 15.9 Å². The largest absolute Gasteiger partial charge is 0.276 e. The van der Waals surface area contributed by atoms with Crippen molar-refractivity contribution in [3.8, 4) is 0 Å². The lowest BCUT2D eigenvalue weighted by Gasteiger charge is -2.08. The molecule has 0 saturated carbocycles. The highest BCUT2D eigenvalue weighted by Crippen LogP contribution is 2.19. The summed E-state index contributed by atoms with van der Waals surface area (Å²) in [6.07, 6.45) is 1.98. The number of nitrogens with zero attached hydrogens (tertiary/aromatic N) is 4. The minimum atomic E-state index is 0.0149. The third-order valence-electron chi connectivity index (χ3n) is 3.54. The van der Waals surface area contributed by atoms with E-state index >= 15 is 0 Å². The van der Waals surface area contributed by atoms with Gasteiger partial charge in [-0.2, -0.15) is 5.10 Å². The Morgan fingerprint density at radius 3 is 2.70 bits per heavy atom. The SMILES string of the molecule is Cc1cn(C)nc1Cn1c2cc(Br)ccc2c(=O)n1C. The Morgan fingerprint density at radius 2 is 2.05 bits per heavy atom. The van der Waals surface area contributed by atoms with Crippen LogP contribution in [0.15, 0.2) is 33.7 Å². The van der Waals surface area contributed by atoms with Gasteiger partial charge in [-0.1, -0.05) is 15.9 Å². The van der Waals surface area contributed by atoms with Crippen molar-refractivity contribution < 1.29 is 0 Å². The first-order valence-corrected chi connectivity index (χ1v) is 7.11. The molecule has 0 radical (unpaired) electrons. The normalized spacial score (nSPS) is 11.4. The average Bonchev–Trinajstić information content (AvgIpc) is 2.82. The van der Waals surface area contributed by atoms with Crippen LogP contribution < -0.4 is 5.56 Å². The van der Waals surface area contributed by atoms with E-state index in [2.05, 4.69) is 21.0 Å². The maximum Gasteiger partial charge on any atom is 0.274 e. The van der Waals surface area contributed by atoms with Crippen molar-refractivity contribution in [1.29, 1.82) is 0 Å². The van der Waals surface area contributed by atoms with E-state index in [9.17, 15) is 4.79 Å². The second kappa shape index (κ2) is 4.63. The van der Waals surface area contributed by atoms with Gasteiger partial charge in [0.25, 0.3) is 5.56 Å². The van der Waals surface area contributed by atoms with Crippen LogP contribution in [0.5, 0.6) is 0 Å². The summed E-state index contributed by atoms with van der Waals surface area (Å²) in [5.74, 6) is 0. The molecule has 2 heterocycles. The number of hydrogen-bond donors (Lipinski definition) is 0. The molecule has 3 aromatic rings. The van der Waals surface area contributed by atoms with E-state index in [1.54, 1.807) is 16.4 Å². The third kappa shape index (κ3) is 2.00. The number of halogens is 1. The second-order valence-electron chi connectivity index (χ2n) is 4.98. The minimum Gasteiger partial charge on any atom is -0.276 e. The van der Waals surface area contributed by atoms with Gasteiger partial charge >= 0.3 is 0 Å². The van der Waals surface area contributed by atoms with E-state index in [-0.39, 0.29) is 5.56 Å². The molecule has 1 aromatic carbocycles. The van der Waals surface area contributed by atoms with Gasteiger partial charge in [0, 0.05) is 24.8 Å². The van der Waals surface area contributed by atoms with E-state index in [1.807, 2.05) is 43.0 Å². The van der Waals surface area contributed by atoms with Gasteiger partial charge in [-0.3, -0.25) is 18.8 Å². The van der Waals surface area contributed by atoms with Gasteiger partial charge in [-0.25, -0.2) is 0 Å². The van der Waals surface area contributed by atoms with Crippen molar-refractivity contribution >= 4 is 26.8 Å². The molecule has 5 nitrogen and oxygen atoms in total. The smallest absolute Gasteiger partial charge is 0.274 e. The Balaban J connectivity index is 2.20. The van der Waals surface area contributed by atoms with Crippen molar-refractivity contribution in [1.82, 2.24) is 19.1 Å². The predicted molar refractivity (Wildman–Crippen MR) is 81.9 cm³/mol. The van der Waals surface area contributed by atoms with Gasteiger partial charge in [-0.05, 0) is 30.7 Å². The predicted octanol–water partition coefficient (Wildman–Crippen LogP) is 2.19. The molecule has 0 spiro atoms. The molecule has 104 valence electrons. The molecule has 0 N–H and O–H groups in total. The number of aromatic nitrogens is 4. The molecule has 2 aromatic heterocycles. The van der Waals surface area contributed by atoms with Crippen molar-refractivity contribution in [3.05, 3.63) is 50.5 Å². The number of fused-ring (bicyclic) bond motifs is 1. The van der Waals surface area contributed by atoms with Crippen molar-refractivity contribution in [2.75, 3.05) is 0 Å². The highest BCUT2D eigenvalue weighted by molar-refractivity contribution is 9.10. The molecule has 0 fully saturated rings. The Bertz CT molecular complexity index is 856. The lowest BCUT2D eigenvalue weighted by molar-refractivity contribution is 0.542. The van der Waals surface area contributed by atoms with Gasteiger partial charge in [0.2, 0.25) is 0 Å². The zero-order valence-electron chi connectivity index (χ0n) is 11.6. The van der Waals surface area contributed by atoms with Crippen LogP contribution in [0.3, 0.4) is 0 Å². The Kier molecular flexibility index (Phi) is 3.05. The fourth-order valence-electron chi connectivity index (χ4n) is 2.49. The van der Waals surface area contributed by atoms with Gasteiger partial charge in [0.1, 0.15) is 0 Å². The van der Waals surface area contributed by atoms with Crippen LogP contribution in [0, 0.1) is 6.92 Å². The van der Waals surface area contributed by atoms with E-state index in [0.717, 1.165) is 26.6 Å². The third-order valence-corrected chi connectivity index (χ3v) is 4.03. The van der Waals surface area contributed by atoms with Crippen LogP contribution in [-0.2, 0) is 20.6 Å². The number of benzene rings is 1. The molecular formula is C14H15BrN4O. The number of hydrogen-bond acceptors (Lipinski definition) is 2. The molecule has 0 amide bonds. The molecule has 3 rings (SSSR count). The molecule has 0 unspecified atom stereocenters. The van der Waals surface area contributed by atoms with Crippen LogP contribution in [0.2, 0.25) is 0 Å². The van der Waals surface area contributed by atoms with Crippen LogP contribution in [-0.4, -0.2) is 19.1 Å². The van der Waals surface area contributed by atoms with Crippen molar-refractivity contribution in [2.45, 2.75) is 13.5 Å². The lowest BCUT2D eigenvalue weighted by Crippen LogP contribution is -2.20. The zero-order chi connectivity index (χ0) is 14.4. The second-order valence-corrected chi connectivity index (χ2v) is 5.90. The van der Waals surface area contributed by atoms with Crippen LogP contribution in [0.25, 0.3) is 10.9 Å². The molecule has 0 aliphatic carbocycles. The summed E-state index contributed by atoms with van der Waals surface area (Å²) in [5.41, 5.74) is 3.02. The molecule has 20 heavy (non-hydrogen) atoms. The molecule has 0 aliphatic rings. The zero-order valence-corrected chi connectivity index (χ0v) is 13.2. The molecule has 0 atom stereocenters. The standard InChI is InChI=1S/C14H15BrN4O/c1-9-7-17(2)16-12(9)8-19-13-6-10(15)4-5-11(13)14(20)18(19)3/h4-7H,8H2,1-3H3. The van der Waals surface area contributed by atoms with Gasteiger partial charge < -0.3 is 0 Å². The highest BCUT2D eigenvalue weighted by Gasteiger charge is 2.13. The number of rotatable bonds is 2. The maximum absolute atomic E-state index is 12.2. The summed E-state index contributed by atoms with van der Waals surface area (Å²) in [4.78, 5) is 12.2. The fraction of sp³-hybridized carbons (Fsp3) is 0.286. The monoisotopic (exact) mass is 334 g/mol. The molecule has 6 heteroatoms. The Morgan fingerprint density at radius 1 is 1.30 bits per heavy atom. The van der Waals surface area contributed by atoms with Crippen molar-refractivity contribution in [2.24, 2.45) is 14.1 Å². The summed E-state index contributed by atoms with van der Waals surface area (Å²) in [6.45, 7) is 2.61. The molecule has 0 saturated heterocycles. The molecular weight excluding hydrogens is 320 g/mol. The molecule has 0 bridgehead atoms. The average molecular weight is 335 g/mol. The molecule has 0 aliphatic heterocycles. The first-order chi connectivity index (χ1) is 9.47. The van der Waals surface area contributed by atoms with Gasteiger partial charge in [0.15, 0.2) is 0 Å². The van der Waals surface area contributed by atoms with E-state index in [0.29, 0.717) is 6.54 Å². The van der Waals surface area contributed by atoms with Gasteiger partial charge in [-0.15, -0.1) is 0 Å². The first kappa shape index (κ1) is 13.2. The maximum atomic E-state index is 12.2. The van der Waals surface area contributed by atoms with Crippen molar-refractivity contribution in [3.63, 3.8) is 0 Å². The Labute approximate surface area is 124 Å². The summed E-state index contributed by atoms with van der Waals surface area (Å²) in [7, 11) is 3.69. The van der Waals surface area contributed by atoms with Crippen LogP contribution in [0.4, 0.5) is 0 Å². The number of aryl methyl sites for hydroxylation is 2. The topological polar surface area (TPSA) is 44.8 Å².